The molecule has 30 heavy (non-hydrogen) atoms. The highest BCUT2D eigenvalue weighted by atomic mass is 35.5. The fraction of sp³-hybridized carbons (Fsp3) is 0.545. The molecule has 3 heterocycles. The number of benzene rings is 1. The molecule has 1 aromatic heterocycles. The van der Waals surface area contributed by atoms with E-state index in [1.165, 1.54) is 6.92 Å². The maximum Gasteiger partial charge on any atom is 0.263 e. The number of pyridine rings is 1. The monoisotopic (exact) mass is 435 g/mol. The molecule has 2 aliphatic heterocycles. The van der Waals surface area contributed by atoms with Crippen molar-refractivity contribution in [1.82, 2.24) is 9.88 Å². The van der Waals surface area contributed by atoms with E-state index in [4.69, 9.17) is 16.3 Å². The number of fused-ring (bicyclic) bond motifs is 1. The molecule has 1 saturated carbocycles. The smallest absolute Gasteiger partial charge is 0.263 e. The van der Waals surface area contributed by atoms with Crippen LogP contribution in [-0.2, 0) is 9.53 Å². The minimum Gasteiger partial charge on any atom is -0.378 e. The van der Waals surface area contributed by atoms with Gasteiger partial charge in [0.2, 0.25) is 5.91 Å². The van der Waals surface area contributed by atoms with Gasteiger partial charge in [-0.3, -0.25) is 9.69 Å². The molecule has 1 aromatic carbocycles. The van der Waals surface area contributed by atoms with Gasteiger partial charge >= 0.3 is 0 Å². The van der Waals surface area contributed by atoms with E-state index in [0.717, 1.165) is 60.5 Å². The molecule has 0 radical (unpaired) electrons. The molecule has 3 fully saturated rings. The van der Waals surface area contributed by atoms with Crippen LogP contribution in [0.15, 0.2) is 24.4 Å². The van der Waals surface area contributed by atoms with Crippen LogP contribution in [0.4, 0.5) is 14.6 Å². The Balaban J connectivity index is 1.33. The number of piperidine rings is 1. The van der Waals surface area contributed by atoms with Gasteiger partial charge in [-0.15, -0.1) is 0 Å². The summed E-state index contributed by atoms with van der Waals surface area (Å²) in [5.41, 5.74) is 1.10. The number of halogens is 3. The largest absolute Gasteiger partial charge is 0.378 e. The van der Waals surface area contributed by atoms with Gasteiger partial charge in [-0.25, -0.2) is 13.8 Å². The number of hydrogen-bond acceptors (Lipinski definition) is 4. The van der Waals surface area contributed by atoms with Crippen LogP contribution in [0.25, 0.3) is 10.8 Å². The van der Waals surface area contributed by atoms with E-state index in [-0.39, 0.29) is 5.82 Å². The second-order valence-electron chi connectivity index (χ2n) is 8.72. The number of nitrogens with zero attached hydrogens (tertiary/aromatic N) is 2. The number of carbonyl (C=O) groups is 1. The number of carbonyl (C=O) groups excluding carboxylic acids is 1. The zero-order valence-corrected chi connectivity index (χ0v) is 17.5. The molecule has 1 aliphatic carbocycles. The van der Waals surface area contributed by atoms with Gasteiger partial charge in [-0.2, -0.15) is 0 Å². The molecular weight excluding hydrogens is 412 g/mol. The molecule has 5 nitrogen and oxygen atoms in total. The summed E-state index contributed by atoms with van der Waals surface area (Å²) in [7, 11) is 0. The summed E-state index contributed by atoms with van der Waals surface area (Å²) in [5.74, 6) is -5.15. The summed E-state index contributed by atoms with van der Waals surface area (Å²) in [4.78, 5) is 18.8. The zero-order valence-electron chi connectivity index (χ0n) is 16.7. The Kier molecular flexibility index (Phi) is 4.95. The predicted molar refractivity (Wildman–Crippen MR) is 111 cm³/mol. The minimum atomic E-state index is -2.93. The SMILES string of the molecule is C[C@@H]1[C@@H](C(=O)Nc2cc3cc(C4CCN(C5COC5)CC4)c(Cl)cc3cn2)C1(F)F. The molecule has 0 unspecified atom stereocenters. The Morgan fingerprint density at radius 1 is 1.23 bits per heavy atom. The van der Waals surface area contributed by atoms with E-state index < -0.39 is 23.7 Å². The topological polar surface area (TPSA) is 54.5 Å². The number of ether oxygens (including phenoxy) is 1. The lowest BCUT2D eigenvalue weighted by atomic mass is 9.87. The van der Waals surface area contributed by atoms with Crippen molar-refractivity contribution in [3.63, 3.8) is 0 Å². The molecular formula is C22H24ClF2N3O2. The molecule has 160 valence electrons. The van der Waals surface area contributed by atoms with Crippen LogP contribution in [0.1, 0.15) is 31.2 Å². The van der Waals surface area contributed by atoms with Gasteiger partial charge in [0.15, 0.2) is 0 Å². The second-order valence-corrected chi connectivity index (χ2v) is 9.13. The quantitative estimate of drug-likeness (QED) is 0.777. The third-order valence-electron chi connectivity index (χ3n) is 6.89. The molecule has 5 rings (SSSR count). The maximum atomic E-state index is 13.5. The van der Waals surface area contributed by atoms with Gasteiger partial charge in [0, 0.05) is 22.5 Å². The van der Waals surface area contributed by atoms with E-state index >= 15 is 0 Å². The first-order valence-electron chi connectivity index (χ1n) is 10.4. The molecule has 2 saturated heterocycles. The van der Waals surface area contributed by atoms with Crippen molar-refractivity contribution in [1.29, 1.82) is 0 Å². The molecule has 2 aromatic rings. The Morgan fingerprint density at radius 3 is 2.53 bits per heavy atom. The lowest BCUT2D eigenvalue weighted by Crippen LogP contribution is -2.51. The van der Waals surface area contributed by atoms with Crippen molar-refractivity contribution in [3.8, 4) is 0 Å². The van der Waals surface area contributed by atoms with Crippen LogP contribution >= 0.6 is 11.6 Å². The highest BCUT2D eigenvalue weighted by Gasteiger charge is 2.69. The van der Waals surface area contributed by atoms with Crippen molar-refractivity contribution in [2.45, 2.75) is 37.6 Å². The average Bonchev–Trinajstić information content (AvgIpc) is 3.18. The summed E-state index contributed by atoms with van der Waals surface area (Å²) < 4.78 is 32.3. The average molecular weight is 436 g/mol. The minimum absolute atomic E-state index is 0.287. The van der Waals surface area contributed by atoms with E-state index in [1.807, 2.05) is 6.07 Å². The lowest BCUT2D eigenvalue weighted by molar-refractivity contribution is -0.119. The van der Waals surface area contributed by atoms with Crippen LogP contribution in [0.3, 0.4) is 0 Å². The first-order chi connectivity index (χ1) is 14.3. The molecule has 1 N–H and O–H groups in total. The summed E-state index contributed by atoms with van der Waals surface area (Å²) in [6, 6.07) is 6.24. The number of rotatable bonds is 4. The predicted octanol–water partition coefficient (Wildman–Crippen LogP) is 4.31. The summed E-state index contributed by atoms with van der Waals surface area (Å²) in [6.07, 6.45) is 3.68. The van der Waals surface area contributed by atoms with Gasteiger partial charge in [0.25, 0.3) is 5.92 Å². The van der Waals surface area contributed by atoms with Crippen LogP contribution in [0, 0.1) is 11.8 Å². The van der Waals surface area contributed by atoms with E-state index in [0.29, 0.717) is 12.0 Å². The summed E-state index contributed by atoms with van der Waals surface area (Å²) in [5, 5.41) is 5.02. The number of likely N-dealkylation sites (tertiary alicyclic amines) is 1. The fourth-order valence-corrected chi connectivity index (χ4v) is 4.99. The van der Waals surface area contributed by atoms with Crippen molar-refractivity contribution in [3.05, 3.63) is 35.0 Å². The lowest BCUT2D eigenvalue weighted by Gasteiger charge is -2.41. The number of alkyl halides is 2. The van der Waals surface area contributed by atoms with Crippen molar-refractivity contribution in [2.24, 2.45) is 11.8 Å². The molecule has 2 atom stereocenters. The number of aromatic nitrogens is 1. The molecule has 0 spiro atoms. The molecule has 1 amide bonds. The van der Waals surface area contributed by atoms with E-state index in [9.17, 15) is 13.6 Å². The Hall–Kier alpha value is -1.83. The van der Waals surface area contributed by atoms with Crippen molar-refractivity contribution >= 4 is 34.1 Å². The van der Waals surface area contributed by atoms with Gasteiger partial charge in [-0.1, -0.05) is 18.5 Å². The van der Waals surface area contributed by atoms with Crippen LogP contribution in [0.5, 0.6) is 0 Å². The zero-order chi connectivity index (χ0) is 21.0. The van der Waals surface area contributed by atoms with Gasteiger partial charge < -0.3 is 10.1 Å². The first-order valence-corrected chi connectivity index (χ1v) is 10.8. The molecule has 8 heteroatoms. The van der Waals surface area contributed by atoms with E-state index in [2.05, 4.69) is 21.3 Å². The van der Waals surface area contributed by atoms with Crippen molar-refractivity contribution in [2.75, 3.05) is 31.6 Å². The summed E-state index contributed by atoms with van der Waals surface area (Å²) >= 11 is 6.58. The van der Waals surface area contributed by atoms with Crippen molar-refractivity contribution < 1.29 is 18.3 Å². The highest BCUT2D eigenvalue weighted by Crippen LogP contribution is 2.55. The summed E-state index contributed by atoms with van der Waals surface area (Å²) in [6.45, 7) is 5.09. The third kappa shape index (κ3) is 3.47. The fourth-order valence-electron chi connectivity index (χ4n) is 4.66. The van der Waals surface area contributed by atoms with Crippen LogP contribution in [0.2, 0.25) is 5.02 Å². The second kappa shape index (κ2) is 7.39. The Bertz CT molecular complexity index is 990. The Morgan fingerprint density at radius 2 is 1.93 bits per heavy atom. The number of amides is 1. The molecule has 3 aliphatic rings. The third-order valence-corrected chi connectivity index (χ3v) is 7.22. The number of anilines is 1. The highest BCUT2D eigenvalue weighted by molar-refractivity contribution is 6.32. The number of hydrogen-bond donors (Lipinski definition) is 1. The molecule has 0 bridgehead atoms. The van der Waals surface area contributed by atoms with E-state index in [1.54, 1.807) is 12.3 Å². The Labute approximate surface area is 178 Å². The van der Waals surface area contributed by atoms with Gasteiger partial charge in [-0.05, 0) is 61.0 Å². The maximum absolute atomic E-state index is 13.5. The number of nitrogens with one attached hydrogen (secondary N) is 1. The van der Waals surface area contributed by atoms with Crippen LogP contribution in [-0.4, -0.2) is 54.1 Å². The van der Waals surface area contributed by atoms with Gasteiger partial charge in [0.05, 0.1) is 19.3 Å². The normalized spacial score (nSPS) is 27.1. The standard InChI is InChI=1S/C22H24ClF2N3O2/c1-12-20(22(12,24)25)21(29)27-19-8-14-6-17(18(23)7-15(14)9-26-19)13-2-4-28(5-3-13)16-10-30-11-16/h6-9,12-13,16,20H,2-5,10-11H2,1H3,(H,26,27,29)/t12-,20+/m1/s1. The first kappa shape index (κ1) is 20.1. The van der Waals surface area contributed by atoms with Gasteiger partial charge in [0.1, 0.15) is 11.7 Å². The van der Waals surface area contributed by atoms with Crippen LogP contribution < -0.4 is 5.32 Å².